The molecule has 0 aliphatic heterocycles. The number of pyridine rings is 1. The van der Waals surface area contributed by atoms with Crippen molar-refractivity contribution in [3.63, 3.8) is 0 Å². The molecular formula is C29H21Cl2IN4O5S2. The van der Waals surface area contributed by atoms with E-state index in [1.165, 1.54) is 31.6 Å². The van der Waals surface area contributed by atoms with E-state index in [1.54, 1.807) is 60.7 Å². The van der Waals surface area contributed by atoms with Crippen molar-refractivity contribution in [2.24, 2.45) is 0 Å². The first kappa shape index (κ1) is 31.1. The molecule has 0 unspecified atom stereocenters. The smallest absolute Gasteiger partial charge is 0.329 e. The van der Waals surface area contributed by atoms with E-state index in [2.05, 4.69) is 19.4 Å². The molecule has 43 heavy (non-hydrogen) atoms. The van der Waals surface area contributed by atoms with Crippen LogP contribution in [0.1, 0.15) is 27.4 Å². The second-order valence-corrected chi connectivity index (χ2v) is 13.8. The van der Waals surface area contributed by atoms with Crippen LogP contribution in [0.5, 0.6) is 0 Å². The quantitative estimate of drug-likeness (QED) is 0.130. The molecule has 1 amide bonds. The normalized spacial score (nSPS) is 12.2. The minimum atomic E-state index is -4.24. The number of anilines is 1. The van der Waals surface area contributed by atoms with Crippen LogP contribution in [0, 0.1) is 3.57 Å². The molecule has 2 heterocycles. The van der Waals surface area contributed by atoms with E-state index >= 15 is 0 Å². The molecule has 0 spiro atoms. The van der Waals surface area contributed by atoms with Gasteiger partial charge < -0.3 is 10.1 Å². The second-order valence-electron chi connectivity index (χ2n) is 9.20. The first-order valence-corrected chi connectivity index (χ1v) is 16.6. The number of amides is 1. The molecule has 0 bridgehead atoms. The fourth-order valence-corrected chi connectivity index (χ4v) is 7.18. The van der Waals surface area contributed by atoms with Crippen molar-refractivity contribution in [1.82, 2.24) is 14.7 Å². The predicted octanol–water partition coefficient (Wildman–Crippen LogP) is 6.51. The van der Waals surface area contributed by atoms with Crippen molar-refractivity contribution in [3.05, 3.63) is 115 Å². The van der Waals surface area contributed by atoms with Crippen molar-refractivity contribution in [2.45, 2.75) is 17.0 Å². The van der Waals surface area contributed by atoms with Gasteiger partial charge in [0.15, 0.2) is 5.03 Å². The fraction of sp³-hybridized carbons (Fsp3) is 0.103. The maximum Gasteiger partial charge on any atom is 0.329 e. The molecule has 2 aromatic heterocycles. The molecule has 2 N–H and O–H groups in total. The Labute approximate surface area is 274 Å². The number of rotatable bonds is 9. The van der Waals surface area contributed by atoms with Crippen LogP contribution in [0.3, 0.4) is 0 Å². The monoisotopic (exact) mass is 766 g/mol. The largest absolute Gasteiger partial charge is 0.467 e. The van der Waals surface area contributed by atoms with E-state index in [-0.39, 0.29) is 16.3 Å². The fourth-order valence-electron chi connectivity index (χ4n) is 4.52. The number of esters is 1. The standard InChI is InChI=1S/C29H21Cl2IN4O5S2/c1-41-29(38)26(25(16-2-6-18(30)7-3-16)17-4-8-19(31)9-5-17)35-27(37)21-11-10-20(32)14-23(21)36-43(39,40)28-22-15-34-42-24(22)12-13-33-28/h2-15,25-26,36H,1H3,(H,35,37)/t26-/m0/s1. The summed E-state index contributed by atoms with van der Waals surface area (Å²) in [6, 6.07) is 18.8. The van der Waals surface area contributed by atoms with Crippen molar-refractivity contribution in [2.75, 3.05) is 11.8 Å². The highest BCUT2D eigenvalue weighted by Crippen LogP contribution is 2.32. The first-order valence-electron chi connectivity index (χ1n) is 12.5. The zero-order valence-corrected chi connectivity index (χ0v) is 27.4. The van der Waals surface area contributed by atoms with E-state index < -0.39 is 33.9 Å². The summed E-state index contributed by atoms with van der Waals surface area (Å²) in [7, 11) is -3.02. The maximum absolute atomic E-state index is 13.9. The third-order valence-corrected chi connectivity index (χ3v) is 9.77. The predicted molar refractivity (Wildman–Crippen MR) is 175 cm³/mol. The number of ether oxygens (including phenoxy) is 1. The Balaban J connectivity index is 1.53. The average Bonchev–Trinajstić information content (AvgIpc) is 3.47. The summed E-state index contributed by atoms with van der Waals surface area (Å²) in [5.74, 6) is -2.12. The summed E-state index contributed by atoms with van der Waals surface area (Å²) in [6.45, 7) is 0. The number of hydrogen-bond donors (Lipinski definition) is 2. The summed E-state index contributed by atoms with van der Waals surface area (Å²) in [5.41, 5.74) is 1.34. The molecule has 5 rings (SSSR count). The van der Waals surface area contributed by atoms with E-state index in [1.807, 2.05) is 22.6 Å². The lowest BCUT2D eigenvalue weighted by molar-refractivity contribution is -0.143. The molecular weight excluding hydrogens is 746 g/mol. The van der Waals surface area contributed by atoms with Crippen LogP contribution in [0.4, 0.5) is 5.69 Å². The number of halogens is 3. The number of methoxy groups -OCH3 is 1. The van der Waals surface area contributed by atoms with Gasteiger partial charge in [-0.05, 0) is 93.8 Å². The molecule has 5 aromatic rings. The number of carbonyl (C=O) groups excluding carboxylic acids is 2. The van der Waals surface area contributed by atoms with Crippen LogP contribution in [-0.2, 0) is 19.6 Å². The average molecular weight is 767 g/mol. The number of nitrogens with one attached hydrogen (secondary N) is 2. The highest BCUT2D eigenvalue weighted by molar-refractivity contribution is 14.1. The van der Waals surface area contributed by atoms with Crippen LogP contribution < -0.4 is 10.0 Å². The Morgan fingerprint density at radius 2 is 1.58 bits per heavy atom. The van der Waals surface area contributed by atoms with E-state index in [9.17, 15) is 18.0 Å². The van der Waals surface area contributed by atoms with Crippen LogP contribution in [0.2, 0.25) is 10.0 Å². The summed E-state index contributed by atoms with van der Waals surface area (Å²) in [6.07, 6.45) is 2.81. The van der Waals surface area contributed by atoms with Crippen molar-refractivity contribution < 1.29 is 22.7 Å². The lowest BCUT2D eigenvalue weighted by atomic mass is 9.84. The highest BCUT2D eigenvalue weighted by atomic mass is 127. The molecule has 0 aliphatic carbocycles. The summed E-state index contributed by atoms with van der Waals surface area (Å²) in [5, 5.41) is 3.91. The SMILES string of the molecule is COC(=O)[C@@H](NC(=O)c1ccc(I)cc1NS(=O)(=O)c1nccc2sncc12)C(c1ccc(Cl)cc1)c1ccc(Cl)cc1. The first-order chi connectivity index (χ1) is 20.6. The molecule has 0 aliphatic rings. The van der Waals surface area contributed by atoms with Gasteiger partial charge in [0.05, 0.1) is 34.6 Å². The highest BCUT2D eigenvalue weighted by Gasteiger charge is 2.34. The van der Waals surface area contributed by atoms with Crippen LogP contribution in [0.25, 0.3) is 10.1 Å². The van der Waals surface area contributed by atoms with Gasteiger partial charge in [-0.15, -0.1) is 0 Å². The Morgan fingerprint density at radius 3 is 2.19 bits per heavy atom. The third kappa shape index (κ3) is 6.93. The maximum atomic E-state index is 13.9. The lowest BCUT2D eigenvalue weighted by Gasteiger charge is -2.27. The van der Waals surface area contributed by atoms with Gasteiger partial charge in [0.1, 0.15) is 6.04 Å². The topological polar surface area (TPSA) is 127 Å². The molecule has 0 saturated carbocycles. The van der Waals surface area contributed by atoms with Crippen molar-refractivity contribution >= 4 is 95.0 Å². The number of benzene rings is 3. The van der Waals surface area contributed by atoms with Gasteiger partial charge in [0, 0.05) is 25.7 Å². The molecule has 9 nitrogen and oxygen atoms in total. The lowest BCUT2D eigenvalue weighted by Crippen LogP contribution is -2.46. The van der Waals surface area contributed by atoms with Gasteiger partial charge >= 0.3 is 5.97 Å². The number of fused-ring (bicyclic) bond motifs is 1. The van der Waals surface area contributed by atoms with E-state index in [4.69, 9.17) is 27.9 Å². The van der Waals surface area contributed by atoms with E-state index in [0.717, 1.165) is 11.5 Å². The summed E-state index contributed by atoms with van der Waals surface area (Å²) >= 11 is 15.4. The van der Waals surface area contributed by atoms with Gasteiger partial charge in [0.25, 0.3) is 15.9 Å². The van der Waals surface area contributed by atoms with Gasteiger partial charge in [-0.2, -0.15) is 12.8 Å². The minimum absolute atomic E-state index is 0.00421. The molecule has 1 atom stereocenters. The zero-order chi connectivity index (χ0) is 30.7. The molecule has 0 radical (unpaired) electrons. The van der Waals surface area contributed by atoms with Gasteiger partial charge in [-0.25, -0.2) is 9.78 Å². The number of aromatic nitrogens is 2. The molecule has 220 valence electrons. The van der Waals surface area contributed by atoms with Gasteiger partial charge in [-0.1, -0.05) is 47.5 Å². The van der Waals surface area contributed by atoms with Crippen molar-refractivity contribution in [1.29, 1.82) is 0 Å². The molecule has 0 fully saturated rings. The Bertz CT molecular complexity index is 1870. The Hall–Kier alpha value is -3.30. The van der Waals surface area contributed by atoms with E-state index in [0.29, 0.717) is 34.8 Å². The number of sulfonamides is 1. The summed E-state index contributed by atoms with van der Waals surface area (Å²) < 4.78 is 40.0. The molecule has 14 heteroatoms. The number of nitrogens with zero attached hydrogens (tertiary/aromatic N) is 2. The summed E-state index contributed by atoms with van der Waals surface area (Å²) in [4.78, 5) is 31.2. The molecule has 0 saturated heterocycles. The third-order valence-electron chi connectivity index (χ3n) is 6.50. The second kappa shape index (κ2) is 13.1. The van der Waals surface area contributed by atoms with Crippen LogP contribution in [0.15, 0.2) is 90.2 Å². The Kier molecular flexibility index (Phi) is 9.51. The minimum Gasteiger partial charge on any atom is -0.467 e. The molecule has 3 aromatic carbocycles. The van der Waals surface area contributed by atoms with Crippen molar-refractivity contribution in [3.8, 4) is 0 Å². The number of carbonyl (C=O) groups is 2. The number of hydrogen-bond acceptors (Lipinski definition) is 8. The zero-order valence-electron chi connectivity index (χ0n) is 22.1. The van der Waals surface area contributed by atoms with Crippen LogP contribution >= 0.6 is 57.3 Å². The van der Waals surface area contributed by atoms with Gasteiger partial charge in [0.2, 0.25) is 0 Å². The Morgan fingerprint density at radius 1 is 0.953 bits per heavy atom. The van der Waals surface area contributed by atoms with Gasteiger partial charge in [-0.3, -0.25) is 9.52 Å². The van der Waals surface area contributed by atoms with Crippen LogP contribution in [-0.4, -0.2) is 42.8 Å².